The molecule has 1 heterocycles. The fourth-order valence-electron chi connectivity index (χ4n) is 6.52. The molecule has 45 heavy (non-hydrogen) atoms. The Hall–Kier alpha value is -5.92. The Kier molecular flexibility index (Phi) is 4.15. The van der Waals surface area contributed by atoms with Crippen molar-refractivity contribution in [2.75, 3.05) is 0 Å². The average Bonchev–Trinajstić information content (AvgIpc) is 3.59. The van der Waals surface area contributed by atoms with Gasteiger partial charge in [-0.15, -0.1) is 0 Å². The molecule has 9 rings (SSSR count). The molecule has 0 aliphatic rings. The quantitative estimate of drug-likeness (QED) is 0.188. The van der Waals surface area contributed by atoms with Crippen molar-refractivity contribution in [3.05, 3.63) is 170 Å². The summed E-state index contributed by atoms with van der Waals surface area (Å²) in [7, 11) is 0. The van der Waals surface area contributed by atoms with E-state index in [4.69, 9.17) is 14.0 Å². The molecule has 0 unspecified atom stereocenters. The lowest BCUT2D eigenvalue weighted by molar-refractivity contribution is 0.670. The number of hydrogen-bond acceptors (Lipinski definition) is 1. The molecule has 1 heteroatoms. The molecule has 0 spiro atoms. The molecule has 0 saturated carbocycles. The van der Waals surface area contributed by atoms with Gasteiger partial charge in [-0.25, -0.2) is 0 Å². The first kappa shape index (κ1) is 18.0. The van der Waals surface area contributed by atoms with Gasteiger partial charge in [-0.2, -0.15) is 0 Å². The SMILES string of the molecule is [2H]c1c([2H])c([2H])c(-c2ccc(-c3c4ccccc4c(-c4c([2H])c([2H])c([2H])c(-c5ccccc5)c4[2H])c4ccccc34)c3c2oc2ccccc23)c([2H])c1[2H]. The van der Waals surface area contributed by atoms with E-state index in [1.807, 2.05) is 109 Å². The van der Waals surface area contributed by atoms with Crippen LogP contribution in [0.2, 0.25) is 0 Å². The second kappa shape index (κ2) is 10.4. The lowest BCUT2D eigenvalue weighted by Crippen LogP contribution is -1.92. The van der Waals surface area contributed by atoms with Crippen LogP contribution < -0.4 is 0 Å². The fraction of sp³-hybridized carbons (Fsp3) is 0. The summed E-state index contributed by atoms with van der Waals surface area (Å²) in [5.41, 5.74) is 4.81. The zero-order chi connectivity index (χ0) is 37.6. The van der Waals surface area contributed by atoms with E-state index in [0.29, 0.717) is 38.8 Å². The average molecular weight is 582 g/mol. The standard InChI is InChI=1S/C44H28O/c1-3-14-29(15-4-1)31-18-13-19-32(28-31)41-34-20-7-9-22-36(34)42(37-23-10-8-21-35(37)41)39-27-26-33(30-16-5-2-6-17-30)44-43(39)38-24-11-12-25-40(38)45-44/h1-28H/i2D,5D,6D,13D,16D,17D,18D,19D,28D. The number of rotatable bonds is 4. The third-order valence-corrected chi connectivity index (χ3v) is 8.43. The number of para-hydroxylation sites is 1. The third-order valence-electron chi connectivity index (χ3n) is 8.43. The minimum atomic E-state index is -0.471. The molecular weight excluding hydrogens is 544 g/mol. The first-order valence-electron chi connectivity index (χ1n) is 19.2. The van der Waals surface area contributed by atoms with E-state index in [2.05, 4.69) is 0 Å². The van der Waals surface area contributed by atoms with E-state index in [1.54, 1.807) is 6.07 Å². The van der Waals surface area contributed by atoms with Crippen LogP contribution in [0.1, 0.15) is 12.3 Å². The van der Waals surface area contributed by atoms with Crippen LogP contribution in [0.3, 0.4) is 0 Å². The molecule has 0 bridgehead atoms. The Balaban J connectivity index is 1.43. The number of hydrogen-bond donors (Lipinski definition) is 0. The van der Waals surface area contributed by atoms with Gasteiger partial charge in [0.05, 0.1) is 12.3 Å². The van der Waals surface area contributed by atoms with Crippen molar-refractivity contribution in [1.29, 1.82) is 0 Å². The molecule has 8 aromatic carbocycles. The largest absolute Gasteiger partial charge is 0.455 e. The van der Waals surface area contributed by atoms with E-state index in [1.165, 1.54) is 0 Å². The predicted octanol–water partition coefficient (Wildman–Crippen LogP) is 12.6. The van der Waals surface area contributed by atoms with Gasteiger partial charge in [0, 0.05) is 16.3 Å². The van der Waals surface area contributed by atoms with Crippen molar-refractivity contribution in [3.63, 3.8) is 0 Å². The Bertz CT molecular complexity index is 2960. The summed E-state index contributed by atoms with van der Waals surface area (Å²) < 4.78 is 85.5. The summed E-state index contributed by atoms with van der Waals surface area (Å²) >= 11 is 0. The highest BCUT2D eigenvalue weighted by molar-refractivity contribution is 6.26. The molecule has 0 N–H and O–H groups in total. The summed E-state index contributed by atoms with van der Waals surface area (Å²) in [4.78, 5) is 0. The van der Waals surface area contributed by atoms with Crippen molar-refractivity contribution in [2.45, 2.75) is 0 Å². The molecule has 210 valence electrons. The van der Waals surface area contributed by atoms with Gasteiger partial charge in [0.25, 0.3) is 0 Å². The van der Waals surface area contributed by atoms with Gasteiger partial charge in [0.1, 0.15) is 11.2 Å². The summed E-state index contributed by atoms with van der Waals surface area (Å²) in [5, 5.41) is 4.62. The molecule has 0 aliphatic heterocycles. The highest BCUT2D eigenvalue weighted by atomic mass is 16.3. The van der Waals surface area contributed by atoms with Crippen LogP contribution in [0.25, 0.3) is 88.0 Å². The summed E-state index contributed by atoms with van der Waals surface area (Å²) in [6.07, 6.45) is 0. The first-order chi connectivity index (χ1) is 26.1. The summed E-state index contributed by atoms with van der Waals surface area (Å²) in [6.45, 7) is 0. The maximum Gasteiger partial charge on any atom is 0.143 e. The van der Waals surface area contributed by atoms with Gasteiger partial charge in [-0.3, -0.25) is 0 Å². The molecule has 0 saturated heterocycles. The Morgan fingerprint density at radius 3 is 1.67 bits per heavy atom. The van der Waals surface area contributed by atoms with Crippen LogP contribution in [0.5, 0.6) is 0 Å². The molecule has 0 atom stereocenters. The molecule has 1 nitrogen and oxygen atoms in total. The van der Waals surface area contributed by atoms with Gasteiger partial charge < -0.3 is 4.42 Å². The minimum absolute atomic E-state index is 0.00134. The van der Waals surface area contributed by atoms with Crippen LogP contribution >= 0.6 is 0 Å². The Morgan fingerprint density at radius 1 is 0.400 bits per heavy atom. The maximum atomic E-state index is 9.52. The van der Waals surface area contributed by atoms with Crippen LogP contribution in [0, 0.1) is 0 Å². The van der Waals surface area contributed by atoms with Crippen LogP contribution in [0.4, 0.5) is 0 Å². The molecular formula is C44H28O. The van der Waals surface area contributed by atoms with E-state index < -0.39 is 18.1 Å². The van der Waals surface area contributed by atoms with Crippen molar-refractivity contribution in [2.24, 2.45) is 0 Å². The normalized spacial score (nSPS) is 14.4. The van der Waals surface area contributed by atoms with Crippen LogP contribution in [-0.4, -0.2) is 0 Å². The van der Waals surface area contributed by atoms with Crippen LogP contribution in [0.15, 0.2) is 174 Å². The van der Waals surface area contributed by atoms with Gasteiger partial charge in [-0.1, -0.05) is 151 Å². The van der Waals surface area contributed by atoms with E-state index >= 15 is 0 Å². The van der Waals surface area contributed by atoms with Crippen LogP contribution in [-0.2, 0) is 0 Å². The van der Waals surface area contributed by atoms with E-state index in [0.717, 1.165) is 38.1 Å². The topological polar surface area (TPSA) is 13.1 Å². The maximum absolute atomic E-state index is 9.52. The predicted molar refractivity (Wildman–Crippen MR) is 190 cm³/mol. The van der Waals surface area contributed by atoms with Gasteiger partial charge in [-0.05, 0) is 78.7 Å². The molecule has 0 fully saturated rings. The van der Waals surface area contributed by atoms with E-state index in [9.17, 15) is 2.74 Å². The second-order valence-corrected chi connectivity index (χ2v) is 10.9. The van der Waals surface area contributed by atoms with E-state index in [-0.39, 0.29) is 47.4 Å². The van der Waals surface area contributed by atoms with Crippen molar-refractivity contribution in [1.82, 2.24) is 0 Å². The molecule has 9 aromatic rings. The van der Waals surface area contributed by atoms with Gasteiger partial charge in [0.2, 0.25) is 0 Å². The van der Waals surface area contributed by atoms with Gasteiger partial charge in [0.15, 0.2) is 0 Å². The van der Waals surface area contributed by atoms with Crippen molar-refractivity contribution in [3.8, 4) is 44.5 Å². The molecule has 0 amide bonds. The molecule has 1 aromatic heterocycles. The smallest absolute Gasteiger partial charge is 0.143 e. The minimum Gasteiger partial charge on any atom is -0.455 e. The second-order valence-electron chi connectivity index (χ2n) is 10.9. The lowest BCUT2D eigenvalue weighted by atomic mass is 9.84. The number of furan rings is 1. The van der Waals surface area contributed by atoms with Crippen molar-refractivity contribution >= 4 is 43.5 Å². The first-order valence-corrected chi connectivity index (χ1v) is 14.7. The highest BCUT2D eigenvalue weighted by Gasteiger charge is 2.22. The molecule has 0 aliphatic carbocycles. The number of benzene rings is 8. The summed E-state index contributed by atoms with van der Waals surface area (Å²) in [6, 6.07) is 33.3. The zero-order valence-corrected chi connectivity index (χ0v) is 23.9. The van der Waals surface area contributed by atoms with Gasteiger partial charge >= 0.3 is 0 Å². The monoisotopic (exact) mass is 581 g/mol. The summed E-state index contributed by atoms with van der Waals surface area (Å²) in [5.74, 6) is 0. The highest BCUT2D eigenvalue weighted by Crippen LogP contribution is 2.48. The molecule has 0 radical (unpaired) electrons. The van der Waals surface area contributed by atoms with Crippen molar-refractivity contribution < 1.29 is 16.8 Å². The Morgan fingerprint density at radius 2 is 0.956 bits per heavy atom. The Labute approximate surface area is 274 Å². The lowest BCUT2D eigenvalue weighted by Gasteiger charge is -2.19. The zero-order valence-electron chi connectivity index (χ0n) is 32.9. The third kappa shape index (κ3) is 4.09. The number of fused-ring (bicyclic) bond motifs is 5. The fourth-order valence-corrected chi connectivity index (χ4v) is 6.52.